The van der Waals surface area contributed by atoms with Crippen LogP contribution in [0.4, 0.5) is 0 Å². The van der Waals surface area contributed by atoms with Crippen molar-refractivity contribution in [1.29, 1.82) is 0 Å². The highest BCUT2D eigenvalue weighted by atomic mass is 31.2. The van der Waals surface area contributed by atoms with E-state index in [1.165, 1.54) is 199 Å². The first-order valence-corrected chi connectivity index (χ1v) is 43.8. The van der Waals surface area contributed by atoms with Crippen LogP contribution in [0.5, 0.6) is 0 Å². The Bertz CT molecular complexity index is 1920. The Morgan fingerprint density at radius 3 is 0.724 bits per heavy atom. The summed E-state index contributed by atoms with van der Waals surface area (Å²) in [6.07, 6.45) is 54.2. The van der Waals surface area contributed by atoms with Crippen molar-refractivity contribution in [1.82, 2.24) is 0 Å². The summed E-state index contributed by atoms with van der Waals surface area (Å²) >= 11 is 0. The van der Waals surface area contributed by atoms with E-state index in [1.54, 1.807) is 0 Å². The predicted octanol–water partition coefficient (Wildman–Crippen LogP) is 23.2. The van der Waals surface area contributed by atoms with Gasteiger partial charge in [0.2, 0.25) is 0 Å². The standard InChI is InChI=1S/C79H154O17P2/c1-9-71(7)57-49-41-33-27-22-24-30-36-46-54-62-79(84)96-75(66-90-77(82)60-52-44-38-37-42-50-58-72(8)10-2)68-94-98(87,88)92-64-73(80)63-91-97(85,86)93-67-74(95-78(83)61-53-45-35-29-23-21-26-32-40-48-56-70(5)6)65-89-76(81)59-51-43-34-28-20-18-16-14-12-11-13-15-17-19-25-31-39-47-55-69(3)4/h69-75,80H,9-68H2,1-8H3,(H,85,86)(H,87,88)/t71?,72?,73-,74-,75-/m1/s1. The molecular formula is C79H154O17P2. The SMILES string of the molecule is CCC(C)CCCCCCCCCCCCC(=O)O[C@H](COC(=O)CCCCCCCCC(C)CC)COP(=O)(O)OC[C@H](O)COP(=O)(O)OC[C@@H](COC(=O)CCCCCCCCCCCCCCCCCCCCC(C)C)OC(=O)CCCCCCCCCCCCC(C)C. The van der Waals surface area contributed by atoms with Crippen molar-refractivity contribution in [2.24, 2.45) is 23.7 Å². The van der Waals surface area contributed by atoms with Crippen molar-refractivity contribution < 1.29 is 80.2 Å². The molecule has 7 atom stereocenters. The minimum absolute atomic E-state index is 0.105. The maximum atomic E-state index is 13.1. The highest BCUT2D eigenvalue weighted by Gasteiger charge is 2.30. The zero-order chi connectivity index (χ0) is 72.4. The molecule has 0 radical (unpaired) electrons. The average molecular weight is 1440 g/mol. The van der Waals surface area contributed by atoms with Crippen LogP contribution in [0.25, 0.3) is 0 Å². The molecule has 0 heterocycles. The Morgan fingerprint density at radius 1 is 0.286 bits per heavy atom. The van der Waals surface area contributed by atoms with Crippen LogP contribution >= 0.6 is 15.6 Å². The Labute approximate surface area is 600 Å². The van der Waals surface area contributed by atoms with E-state index in [0.717, 1.165) is 120 Å². The second-order valence-corrected chi connectivity index (χ2v) is 32.8. The molecule has 0 fully saturated rings. The third kappa shape index (κ3) is 69.8. The summed E-state index contributed by atoms with van der Waals surface area (Å²) in [6, 6.07) is 0. The zero-order valence-corrected chi connectivity index (χ0v) is 66.2. The van der Waals surface area contributed by atoms with Gasteiger partial charge in [0.05, 0.1) is 26.4 Å². The average Bonchev–Trinajstić information content (AvgIpc) is 0.954. The molecule has 0 aliphatic rings. The number of unbranched alkanes of at least 4 members (excludes halogenated alkanes) is 40. The van der Waals surface area contributed by atoms with Gasteiger partial charge in [-0.2, -0.15) is 0 Å². The van der Waals surface area contributed by atoms with Crippen LogP contribution in [0.1, 0.15) is 402 Å². The van der Waals surface area contributed by atoms with Gasteiger partial charge in [-0.15, -0.1) is 0 Å². The second-order valence-electron chi connectivity index (χ2n) is 29.9. The molecule has 0 saturated carbocycles. The van der Waals surface area contributed by atoms with Gasteiger partial charge in [0, 0.05) is 25.7 Å². The molecule has 0 aliphatic heterocycles. The molecule has 0 bridgehead atoms. The number of aliphatic hydroxyl groups excluding tert-OH is 1. The molecule has 0 amide bonds. The number of esters is 4. The molecule has 0 spiro atoms. The predicted molar refractivity (Wildman–Crippen MR) is 400 cm³/mol. The molecule has 0 aromatic rings. The monoisotopic (exact) mass is 1440 g/mol. The summed E-state index contributed by atoms with van der Waals surface area (Å²) in [5.41, 5.74) is 0. The van der Waals surface area contributed by atoms with Gasteiger partial charge in [0.1, 0.15) is 19.3 Å². The molecule has 3 N–H and O–H groups in total. The fourth-order valence-electron chi connectivity index (χ4n) is 12.0. The number of carbonyl (C=O) groups is 4. The first kappa shape index (κ1) is 96.1. The summed E-state index contributed by atoms with van der Waals surface area (Å²) in [4.78, 5) is 72.9. The molecule has 0 rings (SSSR count). The molecule has 19 heteroatoms. The molecule has 17 nitrogen and oxygen atoms in total. The number of rotatable bonds is 76. The van der Waals surface area contributed by atoms with Crippen LogP contribution < -0.4 is 0 Å². The molecule has 98 heavy (non-hydrogen) atoms. The number of phosphoric ester groups is 2. The summed E-state index contributed by atoms with van der Waals surface area (Å²) in [6.45, 7) is 14.2. The fourth-order valence-corrected chi connectivity index (χ4v) is 13.6. The summed E-state index contributed by atoms with van der Waals surface area (Å²) in [5, 5.41) is 10.6. The van der Waals surface area contributed by atoms with Gasteiger partial charge in [-0.3, -0.25) is 37.3 Å². The first-order chi connectivity index (χ1) is 47.2. The van der Waals surface area contributed by atoms with Crippen molar-refractivity contribution in [3.8, 4) is 0 Å². The molecule has 0 aromatic carbocycles. The third-order valence-corrected chi connectivity index (χ3v) is 20.9. The van der Waals surface area contributed by atoms with E-state index in [4.69, 9.17) is 37.0 Å². The molecule has 0 aliphatic carbocycles. The lowest BCUT2D eigenvalue weighted by molar-refractivity contribution is -0.161. The normalized spacial score (nSPS) is 14.6. The minimum atomic E-state index is -4.96. The van der Waals surface area contributed by atoms with Crippen molar-refractivity contribution in [2.45, 2.75) is 420 Å². The number of hydrogen-bond acceptors (Lipinski definition) is 15. The zero-order valence-electron chi connectivity index (χ0n) is 64.4. The smallest absolute Gasteiger partial charge is 0.462 e. The van der Waals surface area contributed by atoms with Crippen LogP contribution in [0.3, 0.4) is 0 Å². The van der Waals surface area contributed by atoms with Crippen LogP contribution in [-0.2, 0) is 65.4 Å². The summed E-state index contributed by atoms with van der Waals surface area (Å²) in [5.74, 6) is 0.990. The van der Waals surface area contributed by atoms with Crippen molar-refractivity contribution in [3.63, 3.8) is 0 Å². The Morgan fingerprint density at radius 2 is 0.490 bits per heavy atom. The fraction of sp³-hybridized carbons (Fsp3) is 0.949. The van der Waals surface area contributed by atoms with Crippen LogP contribution in [0.2, 0.25) is 0 Å². The lowest BCUT2D eigenvalue weighted by Crippen LogP contribution is -2.30. The van der Waals surface area contributed by atoms with Crippen molar-refractivity contribution >= 4 is 39.5 Å². The van der Waals surface area contributed by atoms with Crippen LogP contribution in [0.15, 0.2) is 0 Å². The lowest BCUT2D eigenvalue weighted by Gasteiger charge is -2.21. The number of hydrogen-bond donors (Lipinski definition) is 3. The van der Waals surface area contributed by atoms with E-state index in [2.05, 4.69) is 55.4 Å². The topological polar surface area (TPSA) is 237 Å². The maximum absolute atomic E-state index is 13.1. The first-order valence-electron chi connectivity index (χ1n) is 40.8. The van der Waals surface area contributed by atoms with E-state index >= 15 is 0 Å². The summed E-state index contributed by atoms with van der Waals surface area (Å²) in [7, 11) is -9.92. The Balaban J connectivity index is 5.20. The second kappa shape index (κ2) is 68.2. The molecule has 582 valence electrons. The molecule has 0 saturated heterocycles. The Kier molecular flexibility index (Phi) is 66.8. The van der Waals surface area contributed by atoms with Gasteiger partial charge in [-0.05, 0) is 49.4 Å². The van der Waals surface area contributed by atoms with Gasteiger partial charge in [-0.1, -0.05) is 351 Å². The highest BCUT2D eigenvalue weighted by Crippen LogP contribution is 2.45. The van der Waals surface area contributed by atoms with Gasteiger partial charge < -0.3 is 33.8 Å². The van der Waals surface area contributed by atoms with E-state index < -0.39 is 97.5 Å². The van der Waals surface area contributed by atoms with Crippen molar-refractivity contribution in [2.75, 3.05) is 39.6 Å². The lowest BCUT2D eigenvalue weighted by atomic mass is 9.99. The van der Waals surface area contributed by atoms with E-state index in [0.29, 0.717) is 25.7 Å². The van der Waals surface area contributed by atoms with Gasteiger partial charge >= 0.3 is 39.5 Å². The molecular weight excluding hydrogens is 1280 g/mol. The Hall–Kier alpha value is -1.94. The summed E-state index contributed by atoms with van der Waals surface area (Å²) < 4.78 is 68.6. The number of aliphatic hydroxyl groups is 1. The van der Waals surface area contributed by atoms with Crippen LogP contribution in [0, 0.1) is 23.7 Å². The van der Waals surface area contributed by atoms with Gasteiger partial charge in [0.25, 0.3) is 0 Å². The largest absolute Gasteiger partial charge is 0.472 e. The van der Waals surface area contributed by atoms with E-state index in [9.17, 15) is 43.2 Å². The highest BCUT2D eigenvalue weighted by molar-refractivity contribution is 7.47. The molecule has 0 aromatic heterocycles. The molecule has 4 unspecified atom stereocenters. The van der Waals surface area contributed by atoms with Crippen LogP contribution in [-0.4, -0.2) is 96.7 Å². The number of carbonyl (C=O) groups excluding carboxylic acids is 4. The number of ether oxygens (including phenoxy) is 4. The van der Waals surface area contributed by atoms with E-state index in [-0.39, 0.29) is 25.7 Å². The van der Waals surface area contributed by atoms with E-state index in [1.807, 2.05) is 0 Å². The minimum Gasteiger partial charge on any atom is -0.462 e. The van der Waals surface area contributed by atoms with Gasteiger partial charge in [-0.25, -0.2) is 9.13 Å². The maximum Gasteiger partial charge on any atom is 0.472 e. The third-order valence-electron chi connectivity index (χ3n) is 19.0. The number of phosphoric acid groups is 2. The quantitative estimate of drug-likeness (QED) is 0.0222. The van der Waals surface area contributed by atoms with Crippen molar-refractivity contribution in [3.05, 3.63) is 0 Å². The van der Waals surface area contributed by atoms with Gasteiger partial charge in [0.15, 0.2) is 12.2 Å².